The number of benzene rings is 1. The van der Waals surface area contributed by atoms with Crippen molar-refractivity contribution in [1.29, 1.82) is 0 Å². The second kappa shape index (κ2) is 6.86. The lowest BCUT2D eigenvalue weighted by Gasteiger charge is -2.22. The second-order valence-corrected chi connectivity index (χ2v) is 5.17. The highest BCUT2D eigenvalue weighted by Gasteiger charge is 2.14. The molecule has 1 aliphatic heterocycles. The van der Waals surface area contributed by atoms with Gasteiger partial charge in [-0.1, -0.05) is 31.0 Å². The summed E-state index contributed by atoms with van der Waals surface area (Å²) in [4.78, 5) is 2.47. The zero-order chi connectivity index (χ0) is 12.8. The third-order valence-corrected chi connectivity index (χ3v) is 3.76. The van der Waals surface area contributed by atoms with E-state index >= 15 is 0 Å². The molecule has 1 aromatic carbocycles. The van der Waals surface area contributed by atoms with E-state index in [1.807, 2.05) is 6.07 Å². The van der Waals surface area contributed by atoms with Crippen LogP contribution < -0.4 is 5.73 Å². The fraction of sp³-hybridized carbons (Fsp3) is 0.600. The molecule has 1 saturated heterocycles. The molecule has 1 heterocycles. The summed E-state index contributed by atoms with van der Waals surface area (Å²) in [7, 11) is 0. The Hall–Kier alpha value is -0.930. The average Bonchev–Trinajstić information content (AvgIpc) is 2.65. The van der Waals surface area contributed by atoms with Crippen molar-refractivity contribution in [3.05, 3.63) is 35.6 Å². The predicted molar refractivity (Wildman–Crippen MR) is 72.9 cm³/mol. The van der Waals surface area contributed by atoms with Gasteiger partial charge < -0.3 is 10.6 Å². The first-order valence-electron chi connectivity index (χ1n) is 7.00. The summed E-state index contributed by atoms with van der Waals surface area (Å²) in [5.74, 6) is -0.180. The van der Waals surface area contributed by atoms with E-state index in [0.717, 1.165) is 13.0 Å². The molecule has 18 heavy (non-hydrogen) atoms. The van der Waals surface area contributed by atoms with E-state index in [0.29, 0.717) is 5.56 Å². The second-order valence-electron chi connectivity index (χ2n) is 5.17. The topological polar surface area (TPSA) is 29.3 Å². The van der Waals surface area contributed by atoms with Gasteiger partial charge in [-0.25, -0.2) is 4.39 Å². The third kappa shape index (κ3) is 3.79. The number of nitrogens with two attached hydrogens (primary N) is 1. The molecule has 0 saturated carbocycles. The monoisotopic (exact) mass is 250 g/mol. The molecule has 0 spiro atoms. The summed E-state index contributed by atoms with van der Waals surface area (Å²) >= 11 is 0. The zero-order valence-electron chi connectivity index (χ0n) is 10.9. The van der Waals surface area contributed by atoms with Crippen LogP contribution in [0, 0.1) is 5.82 Å². The highest BCUT2D eigenvalue weighted by molar-refractivity contribution is 5.20. The molecular weight excluding hydrogens is 227 g/mol. The van der Waals surface area contributed by atoms with E-state index < -0.39 is 0 Å². The van der Waals surface area contributed by atoms with Gasteiger partial charge in [0.15, 0.2) is 0 Å². The van der Waals surface area contributed by atoms with Crippen LogP contribution in [0.1, 0.15) is 43.7 Å². The lowest BCUT2D eigenvalue weighted by Crippen LogP contribution is -2.28. The number of halogens is 1. The lowest BCUT2D eigenvalue weighted by molar-refractivity contribution is 0.273. The Kier molecular flexibility index (Phi) is 5.14. The fourth-order valence-electron chi connectivity index (χ4n) is 2.61. The molecule has 2 nitrogen and oxygen atoms in total. The minimum Gasteiger partial charge on any atom is -0.324 e. The summed E-state index contributed by atoms with van der Waals surface area (Å²) < 4.78 is 13.6. The van der Waals surface area contributed by atoms with Crippen molar-refractivity contribution >= 4 is 0 Å². The molecule has 0 amide bonds. The number of rotatable bonds is 4. The number of likely N-dealkylation sites (tertiary alicyclic amines) is 1. The summed E-state index contributed by atoms with van der Waals surface area (Å²) in [5, 5.41) is 0. The van der Waals surface area contributed by atoms with Crippen LogP contribution in [0.5, 0.6) is 0 Å². The van der Waals surface area contributed by atoms with E-state index in [2.05, 4.69) is 4.90 Å². The van der Waals surface area contributed by atoms with Crippen LogP contribution in [-0.2, 0) is 0 Å². The molecule has 0 aliphatic carbocycles. The van der Waals surface area contributed by atoms with Crippen LogP contribution in [0.15, 0.2) is 24.3 Å². The largest absolute Gasteiger partial charge is 0.324 e. The lowest BCUT2D eigenvalue weighted by atomic mass is 10.0. The Morgan fingerprint density at radius 2 is 1.78 bits per heavy atom. The first kappa shape index (κ1) is 13.5. The maximum absolute atomic E-state index is 13.6. The van der Waals surface area contributed by atoms with E-state index in [-0.39, 0.29) is 11.9 Å². The SMILES string of the molecule is NC(CCN1CCCCCC1)c1ccccc1F. The van der Waals surface area contributed by atoms with Crippen molar-refractivity contribution in [1.82, 2.24) is 4.90 Å². The average molecular weight is 250 g/mol. The Bertz CT molecular complexity index is 359. The van der Waals surface area contributed by atoms with Crippen molar-refractivity contribution in [2.45, 2.75) is 38.1 Å². The van der Waals surface area contributed by atoms with Crippen LogP contribution >= 0.6 is 0 Å². The summed E-state index contributed by atoms with van der Waals surface area (Å²) in [6.07, 6.45) is 6.09. The van der Waals surface area contributed by atoms with Crippen LogP contribution in [-0.4, -0.2) is 24.5 Å². The van der Waals surface area contributed by atoms with Gasteiger partial charge in [0, 0.05) is 11.6 Å². The summed E-state index contributed by atoms with van der Waals surface area (Å²) in [6.45, 7) is 3.32. The van der Waals surface area contributed by atoms with Crippen molar-refractivity contribution in [3.8, 4) is 0 Å². The van der Waals surface area contributed by atoms with E-state index in [1.165, 1.54) is 44.8 Å². The molecule has 3 heteroatoms. The van der Waals surface area contributed by atoms with Crippen molar-refractivity contribution in [2.75, 3.05) is 19.6 Å². The normalized spacial score (nSPS) is 19.4. The number of hydrogen-bond acceptors (Lipinski definition) is 2. The molecule has 1 unspecified atom stereocenters. The van der Waals surface area contributed by atoms with Gasteiger partial charge in [0.2, 0.25) is 0 Å². The molecule has 0 aromatic heterocycles. The van der Waals surface area contributed by atoms with Gasteiger partial charge in [0.1, 0.15) is 5.82 Å². The van der Waals surface area contributed by atoms with E-state index in [9.17, 15) is 4.39 Å². The molecule has 1 fully saturated rings. The zero-order valence-corrected chi connectivity index (χ0v) is 10.9. The Morgan fingerprint density at radius 3 is 2.44 bits per heavy atom. The standard InChI is InChI=1S/C15H23FN2/c16-14-8-4-3-7-13(14)15(17)9-12-18-10-5-1-2-6-11-18/h3-4,7-8,15H,1-2,5-6,9-12,17H2. The molecule has 0 radical (unpaired) electrons. The van der Waals surface area contributed by atoms with Gasteiger partial charge in [0.25, 0.3) is 0 Å². The molecule has 100 valence electrons. The van der Waals surface area contributed by atoms with Crippen molar-refractivity contribution in [2.24, 2.45) is 5.73 Å². The highest BCUT2D eigenvalue weighted by atomic mass is 19.1. The van der Waals surface area contributed by atoms with Crippen LogP contribution in [0.3, 0.4) is 0 Å². The smallest absolute Gasteiger partial charge is 0.127 e. The molecule has 2 N–H and O–H groups in total. The number of hydrogen-bond donors (Lipinski definition) is 1. The predicted octanol–water partition coefficient (Wildman–Crippen LogP) is 3.09. The highest BCUT2D eigenvalue weighted by Crippen LogP contribution is 2.19. The maximum Gasteiger partial charge on any atom is 0.127 e. The van der Waals surface area contributed by atoms with Gasteiger partial charge >= 0.3 is 0 Å². The fourth-order valence-corrected chi connectivity index (χ4v) is 2.61. The molecule has 1 atom stereocenters. The summed E-state index contributed by atoms with van der Waals surface area (Å²) in [6, 6.07) is 6.66. The maximum atomic E-state index is 13.6. The van der Waals surface area contributed by atoms with Crippen molar-refractivity contribution < 1.29 is 4.39 Å². The van der Waals surface area contributed by atoms with E-state index in [4.69, 9.17) is 5.73 Å². The minimum absolute atomic E-state index is 0.180. The summed E-state index contributed by atoms with van der Waals surface area (Å²) in [5.41, 5.74) is 6.73. The van der Waals surface area contributed by atoms with Gasteiger partial charge in [-0.15, -0.1) is 0 Å². The minimum atomic E-state index is -0.186. The quantitative estimate of drug-likeness (QED) is 0.889. The Labute approximate surface area is 109 Å². The van der Waals surface area contributed by atoms with Crippen molar-refractivity contribution in [3.63, 3.8) is 0 Å². The van der Waals surface area contributed by atoms with Gasteiger partial charge in [0.05, 0.1) is 0 Å². The first-order chi connectivity index (χ1) is 8.77. The molecule has 1 aliphatic rings. The molecule has 1 aromatic rings. The van der Waals surface area contributed by atoms with Gasteiger partial charge in [-0.2, -0.15) is 0 Å². The third-order valence-electron chi connectivity index (χ3n) is 3.76. The van der Waals surface area contributed by atoms with Crippen LogP contribution in [0.4, 0.5) is 4.39 Å². The number of nitrogens with zero attached hydrogens (tertiary/aromatic N) is 1. The van der Waals surface area contributed by atoms with Gasteiger partial charge in [-0.3, -0.25) is 0 Å². The van der Waals surface area contributed by atoms with Crippen LogP contribution in [0.2, 0.25) is 0 Å². The van der Waals surface area contributed by atoms with E-state index in [1.54, 1.807) is 12.1 Å². The first-order valence-corrected chi connectivity index (χ1v) is 7.00. The molecular formula is C15H23FN2. The van der Waals surface area contributed by atoms with Crippen LogP contribution in [0.25, 0.3) is 0 Å². The Morgan fingerprint density at radius 1 is 1.11 bits per heavy atom. The molecule has 0 bridgehead atoms. The Balaban J connectivity index is 1.84. The molecule has 2 rings (SSSR count). The van der Waals surface area contributed by atoms with Gasteiger partial charge in [-0.05, 0) is 45.0 Å².